The first-order valence-corrected chi connectivity index (χ1v) is 7.74. The van der Waals surface area contributed by atoms with Crippen LogP contribution in [0.5, 0.6) is 0 Å². The van der Waals surface area contributed by atoms with E-state index in [9.17, 15) is 9.59 Å². The predicted octanol–water partition coefficient (Wildman–Crippen LogP) is 2.68. The molecule has 0 bridgehead atoms. The van der Waals surface area contributed by atoms with Crippen molar-refractivity contribution in [3.05, 3.63) is 24.0 Å². The Labute approximate surface area is 125 Å². The van der Waals surface area contributed by atoms with Crippen LogP contribution in [0.2, 0.25) is 0 Å². The monoisotopic (exact) mass is 292 g/mol. The minimum absolute atomic E-state index is 0.000122. The summed E-state index contributed by atoms with van der Waals surface area (Å²) in [5, 5.41) is 2.95. The van der Waals surface area contributed by atoms with E-state index in [1.54, 1.807) is 0 Å². The molecule has 2 rings (SSSR count). The van der Waals surface area contributed by atoms with Crippen molar-refractivity contribution in [2.45, 2.75) is 51.0 Å². The van der Waals surface area contributed by atoms with Crippen molar-refractivity contribution in [1.82, 2.24) is 9.88 Å². The lowest BCUT2D eigenvalue weighted by Gasteiger charge is -2.28. The number of nitrogens with one attached hydrogen (secondary N) is 1. The maximum Gasteiger partial charge on any atom is 0.305 e. The topological polar surface area (TPSA) is 60.3 Å². The molecule has 0 atom stereocenters. The number of hydrogen-bond acceptors (Lipinski definition) is 3. The van der Waals surface area contributed by atoms with Crippen LogP contribution < -0.4 is 5.32 Å². The molecule has 21 heavy (non-hydrogen) atoms. The number of carbonyl (C=O) groups is 2. The van der Waals surface area contributed by atoms with Crippen molar-refractivity contribution in [3.8, 4) is 0 Å². The molecule has 1 aromatic rings. The molecule has 116 valence electrons. The summed E-state index contributed by atoms with van der Waals surface area (Å²) in [7, 11) is 1.40. The van der Waals surface area contributed by atoms with Gasteiger partial charge in [-0.3, -0.25) is 9.59 Å². The summed E-state index contributed by atoms with van der Waals surface area (Å²) in [6.45, 7) is 0.649. The molecule has 0 radical (unpaired) electrons. The third kappa shape index (κ3) is 4.34. The van der Waals surface area contributed by atoms with E-state index in [0.717, 1.165) is 25.0 Å². The maximum absolute atomic E-state index is 12.2. The Morgan fingerprint density at radius 2 is 2.14 bits per heavy atom. The zero-order valence-electron chi connectivity index (χ0n) is 12.6. The molecule has 0 aromatic carbocycles. The Hall–Kier alpha value is -1.78. The number of carbonyl (C=O) groups excluding carboxylic acids is 2. The van der Waals surface area contributed by atoms with E-state index in [2.05, 4.69) is 14.6 Å². The van der Waals surface area contributed by atoms with Crippen LogP contribution in [0, 0.1) is 0 Å². The average molecular weight is 292 g/mol. The zero-order valence-corrected chi connectivity index (χ0v) is 12.6. The molecule has 5 nitrogen and oxygen atoms in total. The lowest BCUT2D eigenvalue weighted by molar-refractivity contribution is -0.140. The largest absolute Gasteiger partial charge is 0.469 e. The first-order chi connectivity index (χ1) is 10.2. The molecule has 0 aliphatic heterocycles. The highest BCUT2D eigenvalue weighted by Gasteiger charge is 2.22. The minimum Gasteiger partial charge on any atom is -0.469 e. The van der Waals surface area contributed by atoms with Crippen LogP contribution >= 0.6 is 0 Å². The van der Waals surface area contributed by atoms with E-state index in [4.69, 9.17) is 0 Å². The first-order valence-electron chi connectivity index (χ1n) is 7.74. The van der Waals surface area contributed by atoms with E-state index < -0.39 is 0 Å². The van der Waals surface area contributed by atoms with Gasteiger partial charge in [0.1, 0.15) is 5.69 Å². The highest BCUT2D eigenvalue weighted by Crippen LogP contribution is 2.32. The van der Waals surface area contributed by atoms with Crippen LogP contribution in [0.25, 0.3) is 0 Å². The van der Waals surface area contributed by atoms with Crippen LogP contribution in [-0.4, -0.2) is 30.1 Å². The molecule has 1 N–H and O–H groups in total. The van der Waals surface area contributed by atoms with Gasteiger partial charge in [0, 0.05) is 25.2 Å². The average Bonchev–Trinajstić information content (AvgIpc) is 2.89. The lowest BCUT2D eigenvalue weighted by Crippen LogP contribution is -2.29. The number of ether oxygens (including phenoxy) is 1. The summed E-state index contributed by atoms with van der Waals surface area (Å²) in [5.74, 6) is -0.169. The Bertz CT molecular complexity index is 478. The summed E-state index contributed by atoms with van der Waals surface area (Å²) in [4.78, 5) is 23.1. The molecule has 1 amide bonds. The Morgan fingerprint density at radius 1 is 1.33 bits per heavy atom. The highest BCUT2D eigenvalue weighted by molar-refractivity contribution is 5.92. The second-order valence-electron chi connectivity index (χ2n) is 5.53. The van der Waals surface area contributed by atoms with E-state index in [-0.39, 0.29) is 11.9 Å². The fraction of sp³-hybridized carbons (Fsp3) is 0.625. The lowest BCUT2D eigenvalue weighted by atomic mass is 9.93. The standard InChI is InChI=1S/C16H24N2O3/c1-21-15(19)10-3-2-4-11-17-16(20)14-9-6-12-18(14)13-7-5-8-13/h6,9,12-13H,2-5,7-8,10-11H2,1H3,(H,17,20). The first kappa shape index (κ1) is 15.6. The van der Waals surface area contributed by atoms with Gasteiger partial charge in [-0.15, -0.1) is 0 Å². The molecule has 1 aliphatic carbocycles. The van der Waals surface area contributed by atoms with Gasteiger partial charge in [0.25, 0.3) is 5.91 Å². The quantitative estimate of drug-likeness (QED) is 0.592. The second kappa shape index (κ2) is 7.86. The molecule has 1 saturated carbocycles. The zero-order chi connectivity index (χ0) is 15.1. The number of esters is 1. The molecule has 5 heteroatoms. The number of hydrogen-bond donors (Lipinski definition) is 1. The number of unbranched alkanes of at least 4 members (excludes halogenated alkanes) is 2. The molecule has 1 heterocycles. The van der Waals surface area contributed by atoms with Gasteiger partial charge in [0.2, 0.25) is 0 Å². The molecule has 0 spiro atoms. The van der Waals surface area contributed by atoms with Gasteiger partial charge in [-0.05, 0) is 44.2 Å². The summed E-state index contributed by atoms with van der Waals surface area (Å²) < 4.78 is 6.68. The van der Waals surface area contributed by atoms with Crippen molar-refractivity contribution in [1.29, 1.82) is 0 Å². The van der Waals surface area contributed by atoms with E-state index in [1.807, 2.05) is 18.3 Å². The molecule has 1 aromatic heterocycles. The van der Waals surface area contributed by atoms with Crippen LogP contribution in [0.3, 0.4) is 0 Å². The van der Waals surface area contributed by atoms with E-state index in [0.29, 0.717) is 19.0 Å². The third-order valence-electron chi connectivity index (χ3n) is 4.05. The smallest absolute Gasteiger partial charge is 0.305 e. The van der Waals surface area contributed by atoms with Crippen LogP contribution in [-0.2, 0) is 9.53 Å². The number of aromatic nitrogens is 1. The minimum atomic E-state index is -0.169. The molecule has 0 saturated heterocycles. The second-order valence-corrected chi connectivity index (χ2v) is 5.53. The molecular formula is C16H24N2O3. The molecule has 1 fully saturated rings. The van der Waals surface area contributed by atoms with Crippen molar-refractivity contribution < 1.29 is 14.3 Å². The number of nitrogens with zero attached hydrogens (tertiary/aromatic N) is 1. The van der Waals surface area contributed by atoms with Gasteiger partial charge in [0.05, 0.1) is 7.11 Å². The van der Waals surface area contributed by atoms with Crippen LogP contribution in [0.1, 0.15) is 61.5 Å². The number of methoxy groups -OCH3 is 1. The van der Waals surface area contributed by atoms with E-state index in [1.165, 1.54) is 26.4 Å². The van der Waals surface area contributed by atoms with Crippen LogP contribution in [0.4, 0.5) is 0 Å². The summed E-state index contributed by atoms with van der Waals surface area (Å²) in [6.07, 6.45) is 8.64. The number of amides is 1. The SMILES string of the molecule is COC(=O)CCCCCNC(=O)c1cccn1C1CCC1. The van der Waals surface area contributed by atoms with Gasteiger partial charge in [-0.25, -0.2) is 0 Å². The van der Waals surface area contributed by atoms with Crippen molar-refractivity contribution in [2.75, 3.05) is 13.7 Å². The van der Waals surface area contributed by atoms with Gasteiger partial charge in [0.15, 0.2) is 0 Å². The van der Waals surface area contributed by atoms with Crippen molar-refractivity contribution >= 4 is 11.9 Å². The molecule has 1 aliphatic rings. The Balaban J connectivity index is 1.66. The Kier molecular flexibility index (Phi) is 5.84. The van der Waals surface area contributed by atoms with Gasteiger partial charge >= 0.3 is 5.97 Å². The fourth-order valence-corrected chi connectivity index (χ4v) is 2.54. The third-order valence-corrected chi connectivity index (χ3v) is 4.05. The predicted molar refractivity (Wildman–Crippen MR) is 80.1 cm³/mol. The van der Waals surface area contributed by atoms with Gasteiger partial charge in [-0.2, -0.15) is 0 Å². The maximum atomic E-state index is 12.2. The van der Waals surface area contributed by atoms with Crippen molar-refractivity contribution in [3.63, 3.8) is 0 Å². The normalized spacial score (nSPS) is 14.5. The van der Waals surface area contributed by atoms with Gasteiger partial charge < -0.3 is 14.6 Å². The summed E-state index contributed by atoms with van der Waals surface area (Å²) in [5.41, 5.74) is 0.759. The Morgan fingerprint density at radius 3 is 2.81 bits per heavy atom. The fourth-order valence-electron chi connectivity index (χ4n) is 2.54. The molecule has 0 unspecified atom stereocenters. The van der Waals surface area contributed by atoms with Crippen LogP contribution in [0.15, 0.2) is 18.3 Å². The summed E-state index contributed by atoms with van der Waals surface area (Å²) >= 11 is 0. The number of rotatable bonds is 8. The van der Waals surface area contributed by atoms with Crippen molar-refractivity contribution in [2.24, 2.45) is 0 Å². The molecular weight excluding hydrogens is 268 g/mol. The van der Waals surface area contributed by atoms with Gasteiger partial charge in [-0.1, -0.05) is 6.42 Å². The summed E-state index contributed by atoms with van der Waals surface area (Å²) in [6, 6.07) is 4.31. The highest BCUT2D eigenvalue weighted by atomic mass is 16.5. The van der Waals surface area contributed by atoms with E-state index >= 15 is 0 Å².